The van der Waals surface area contributed by atoms with Crippen LogP contribution in [0, 0.1) is 5.92 Å². The van der Waals surface area contributed by atoms with Crippen molar-refractivity contribution in [1.82, 2.24) is 10.6 Å². The number of hydrogen-bond acceptors (Lipinski definition) is 10. The second-order valence-corrected chi connectivity index (χ2v) is 10.3. The fourth-order valence-electron chi connectivity index (χ4n) is 4.36. The Morgan fingerprint density at radius 3 is 2.26 bits per heavy atom. The molecular weight excluding hydrogens is 464 g/mol. The molecule has 3 rings (SSSR count). The maximum absolute atomic E-state index is 12.3. The average Bonchev–Trinajstić information content (AvgIpc) is 3.38. The molecule has 0 saturated carbocycles. The van der Waals surface area contributed by atoms with Crippen molar-refractivity contribution in [1.29, 1.82) is 0 Å². The molecule has 3 aliphatic rings. The van der Waals surface area contributed by atoms with Crippen LogP contribution in [0.2, 0.25) is 0 Å². The molecule has 3 heterocycles. The summed E-state index contributed by atoms with van der Waals surface area (Å²) in [4.78, 5) is 36.4. The Kier molecular flexibility index (Phi) is 8.77. The highest BCUT2D eigenvalue weighted by Gasteiger charge is 2.59. The number of hydrogen-bond donors (Lipinski definition) is 2. The van der Waals surface area contributed by atoms with Crippen LogP contribution in [0.25, 0.3) is 0 Å². The summed E-state index contributed by atoms with van der Waals surface area (Å²) in [5, 5.41) is 5.05. The van der Waals surface area contributed by atoms with Crippen LogP contribution in [-0.2, 0) is 47.5 Å². The summed E-state index contributed by atoms with van der Waals surface area (Å²) < 4.78 is 40.0. The van der Waals surface area contributed by atoms with Crippen molar-refractivity contribution < 1.29 is 47.5 Å². The van der Waals surface area contributed by atoms with Crippen molar-refractivity contribution in [3.05, 3.63) is 0 Å². The van der Waals surface area contributed by atoms with Crippen LogP contribution in [-0.4, -0.2) is 93.0 Å². The predicted octanol–water partition coefficient (Wildman–Crippen LogP) is 0.220. The molecule has 3 fully saturated rings. The zero-order chi connectivity index (χ0) is 26.0. The van der Waals surface area contributed by atoms with Gasteiger partial charge in [-0.15, -0.1) is 0 Å². The Hall–Kier alpha value is -1.83. The topological polar surface area (TPSA) is 140 Å². The molecule has 0 aliphatic carbocycles. The number of fused-ring (bicyclic) bond motifs is 1. The summed E-state index contributed by atoms with van der Waals surface area (Å²) in [5.41, 5.74) is 0. The first-order valence-electron chi connectivity index (χ1n) is 11.9. The van der Waals surface area contributed by atoms with E-state index in [9.17, 15) is 14.4 Å². The smallest absolute Gasteiger partial charge is 0.328 e. The molecule has 12 nitrogen and oxygen atoms in total. The summed E-state index contributed by atoms with van der Waals surface area (Å²) in [6.45, 7) is 10.7. The van der Waals surface area contributed by atoms with E-state index in [0.717, 1.165) is 0 Å². The van der Waals surface area contributed by atoms with Gasteiger partial charge in [-0.1, -0.05) is 13.8 Å². The molecular formula is C23H38N2O10. The van der Waals surface area contributed by atoms with Gasteiger partial charge in [0.05, 0.1) is 20.3 Å². The molecule has 0 spiro atoms. The molecule has 12 heteroatoms. The minimum atomic E-state index is -0.867. The maximum Gasteiger partial charge on any atom is 0.328 e. The molecule has 6 atom stereocenters. The van der Waals surface area contributed by atoms with Crippen LogP contribution in [0.1, 0.15) is 48.0 Å². The Morgan fingerprint density at radius 1 is 0.971 bits per heavy atom. The predicted molar refractivity (Wildman–Crippen MR) is 120 cm³/mol. The molecule has 0 bridgehead atoms. The first kappa shape index (κ1) is 27.8. The Balaban J connectivity index is 1.49. The number of methoxy groups -OCH3 is 1. The second kappa shape index (κ2) is 11.1. The number of carbonyl (C=O) groups excluding carboxylic acids is 3. The zero-order valence-electron chi connectivity index (χ0n) is 21.5. The lowest BCUT2D eigenvalue weighted by molar-refractivity contribution is -0.246. The van der Waals surface area contributed by atoms with E-state index in [2.05, 4.69) is 10.6 Å². The summed E-state index contributed by atoms with van der Waals surface area (Å²) in [6.07, 6.45) is -2.34. The first-order chi connectivity index (χ1) is 16.3. The van der Waals surface area contributed by atoms with E-state index in [4.69, 9.17) is 33.2 Å². The van der Waals surface area contributed by atoms with Gasteiger partial charge >= 0.3 is 5.97 Å². The molecule has 0 aromatic carbocycles. The van der Waals surface area contributed by atoms with Crippen LogP contribution in [0.15, 0.2) is 0 Å². The zero-order valence-corrected chi connectivity index (χ0v) is 21.5. The van der Waals surface area contributed by atoms with Crippen molar-refractivity contribution in [2.24, 2.45) is 5.92 Å². The summed E-state index contributed by atoms with van der Waals surface area (Å²) >= 11 is 0. The van der Waals surface area contributed by atoms with Crippen LogP contribution in [0.5, 0.6) is 0 Å². The standard InChI is InChI=1S/C23H38N2O10/c1-12(2)8-13(20(28)29-7)25-15(26)9-24-16(27)11-30-21-19-18(34-23(5,6)35-19)17(32-21)14-10-31-22(3,4)33-14/h12-14,17-19,21H,8-11H2,1-7H3,(H,24,27)(H,25,26)/t13-,14+,17+,18-,19-,21-/m0/s1. The highest BCUT2D eigenvalue weighted by Crippen LogP contribution is 2.42. The van der Waals surface area contributed by atoms with Gasteiger partial charge in [0.1, 0.15) is 37.1 Å². The third kappa shape index (κ3) is 7.34. The summed E-state index contributed by atoms with van der Waals surface area (Å²) in [7, 11) is 1.26. The number of nitrogens with one attached hydrogen (secondary N) is 2. The molecule has 0 aromatic heterocycles. The van der Waals surface area contributed by atoms with E-state index in [-0.39, 0.29) is 25.2 Å². The lowest BCUT2D eigenvalue weighted by Gasteiger charge is -2.26. The van der Waals surface area contributed by atoms with Gasteiger partial charge in [0.15, 0.2) is 17.9 Å². The van der Waals surface area contributed by atoms with Crippen molar-refractivity contribution in [2.75, 3.05) is 26.9 Å². The molecule has 200 valence electrons. The normalized spacial score (nSPS) is 31.7. The van der Waals surface area contributed by atoms with Crippen molar-refractivity contribution >= 4 is 17.8 Å². The molecule has 2 N–H and O–H groups in total. The first-order valence-corrected chi connectivity index (χ1v) is 11.9. The molecule has 35 heavy (non-hydrogen) atoms. The van der Waals surface area contributed by atoms with Crippen LogP contribution >= 0.6 is 0 Å². The van der Waals surface area contributed by atoms with Gasteiger partial charge in [-0.3, -0.25) is 9.59 Å². The molecule has 0 radical (unpaired) electrons. The SMILES string of the molecule is COC(=O)[C@H](CC(C)C)NC(=O)CNC(=O)CO[C@H]1O[C@H]([C@H]2COC(C)(C)O2)[C@@H]2OC(C)(C)O[C@H]12. The summed E-state index contributed by atoms with van der Waals surface area (Å²) in [5.74, 6) is -2.99. The fourth-order valence-corrected chi connectivity index (χ4v) is 4.36. The number of esters is 1. The average molecular weight is 503 g/mol. The number of ether oxygens (including phenoxy) is 7. The monoisotopic (exact) mass is 502 g/mol. The molecule has 2 amide bonds. The lowest BCUT2D eigenvalue weighted by atomic mass is 10.0. The van der Waals surface area contributed by atoms with Gasteiger partial charge in [-0.2, -0.15) is 0 Å². The van der Waals surface area contributed by atoms with Gasteiger partial charge in [0.25, 0.3) is 0 Å². The van der Waals surface area contributed by atoms with Gasteiger partial charge in [0.2, 0.25) is 11.8 Å². The fraction of sp³-hybridized carbons (Fsp3) is 0.870. The van der Waals surface area contributed by atoms with E-state index < -0.39 is 60.0 Å². The van der Waals surface area contributed by atoms with Crippen molar-refractivity contribution in [3.8, 4) is 0 Å². The minimum Gasteiger partial charge on any atom is -0.467 e. The van der Waals surface area contributed by atoms with Gasteiger partial charge in [0, 0.05) is 0 Å². The Bertz CT molecular complexity index is 786. The third-order valence-corrected chi connectivity index (χ3v) is 5.80. The number of amides is 2. The van der Waals surface area contributed by atoms with E-state index in [1.807, 2.05) is 27.7 Å². The van der Waals surface area contributed by atoms with Crippen molar-refractivity contribution in [2.45, 2.75) is 96.3 Å². The summed E-state index contributed by atoms with van der Waals surface area (Å²) in [6, 6.07) is -0.781. The van der Waals surface area contributed by atoms with Gasteiger partial charge in [-0.05, 0) is 40.0 Å². The lowest BCUT2D eigenvalue weighted by Crippen LogP contribution is -2.47. The molecule has 0 aromatic rings. The highest BCUT2D eigenvalue weighted by molar-refractivity contribution is 5.88. The molecule has 0 unspecified atom stereocenters. The molecule has 3 saturated heterocycles. The Labute approximate surface area is 205 Å². The largest absolute Gasteiger partial charge is 0.467 e. The second-order valence-electron chi connectivity index (χ2n) is 10.3. The van der Waals surface area contributed by atoms with Crippen LogP contribution < -0.4 is 10.6 Å². The van der Waals surface area contributed by atoms with Crippen molar-refractivity contribution in [3.63, 3.8) is 0 Å². The third-order valence-electron chi connectivity index (χ3n) is 5.80. The van der Waals surface area contributed by atoms with E-state index in [1.54, 1.807) is 13.8 Å². The number of carbonyl (C=O) groups is 3. The van der Waals surface area contributed by atoms with Crippen LogP contribution in [0.3, 0.4) is 0 Å². The number of rotatable bonds is 10. The highest BCUT2D eigenvalue weighted by atomic mass is 16.8. The van der Waals surface area contributed by atoms with E-state index in [0.29, 0.717) is 13.0 Å². The van der Waals surface area contributed by atoms with E-state index >= 15 is 0 Å². The quantitative estimate of drug-likeness (QED) is 0.399. The van der Waals surface area contributed by atoms with Crippen LogP contribution in [0.4, 0.5) is 0 Å². The van der Waals surface area contributed by atoms with Gasteiger partial charge < -0.3 is 43.8 Å². The Morgan fingerprint density at radius 2 is 1.66 bits per heavy atom. The van der Waals surface area contributed by atoms with Gasteiger partial charge in [-0.25, -0.2) is 4.79 Å². The minimum absolute atomic E-state index is 0.167. The van der Waals surface area contributed by atoms with E-state index in [1.165, 1.54) is 7.11 Å². The molecule has 3 aliphatic heterocycles. The maximum atomic E-state index is 12.3.